The highest BCUT2D eigenvalue weighted by Gasteiger charge is 2.08. The van der Waals surface area contributed by atoms with E-state index in [0.717, 1.165) is 11.3 Å². The lowest BCUT2D eigenvalue weighted by Gasteiger charge is -2.06. The standard InChI is InChI=1S/C14H18N4O/c1-9-10(2)17-18(11(9)3)8-12-4-6-13(7-5-12)14(19)16-15/h4-7H,8,15H2,1-3H3,(H,16,19). The quantitative estimate of drug-likeness (QED) is 0.497. The number of hydrazine groups is 1. The molecule has 1 amide bonds. The molecule has 2 rings (SSSR count). The number of nitrogen functional groups attached to an aromatic ring is 1. The van der Waals surface area contributed by atoms with Crippen molar-refractivity contribution in [3.63, 3.8) is 0 Å². The second-order valence-electron chi connectivity index (χ2n) is 4.62. The third kappa shape index (κ3) is 2.66. The summed E-state index contributed by atoms with van der Waals surface area (Å²) in [5.41, 5.74) is 7.20. The van der Waals surface area contributed by atoms with Crippen LogP contribution in [0.15, 0.2) is 24.3 Å². The van der Waals surface area contributed by atoms with Gasteiger partial charge in [-0.1, -0.05) is 12.1 Å². The fourth-order valence-corrected chi connectivity index (χ4v) is 1.96. The summed E-state index contributed by atoms with van der Waals surface area (Å²) in [6.45, 7) is 6.84. The van der Waals surface area contributed by atoms with Crippen molar-refractivity contribution >= 4 is 5.91 Å². The van der Waals surface area contributed by atoms with Crippen LogP contribution in [0.4, 0.5) is 0 Å². The van der Waals surface area contributed by atoms with Crippen molar-refractivity contribution in [2.45, 2.75) is 27.3 Å². The zero-order valence-corrected chi connectivity index (χ0v) is 11.4. The molecule has 0 spiro atoms. The lowest BCUT2D eigenvalue weighted by atomic mass is 10.1. The van der Waals surface area contributed by atoms with Gasteiger partial charge in [0.1, 0.15) is 0 Å². The van der Waals surface area contributed by atoms with Crippen LogP contribution in [-0.4, -0.2) is 15.7 Å². The molecule has 0 aliphatic heterocycles. The lowest BCUT2D eigenvalue weighted by Crippen LogP contribution is -2.29. The number of rotatable bonds is 3. The Labute approximate surface area is 112 Å². The third-order valence-corrected chi connectivity index (χ3v) is 3.42. The largest absolute Gasteiger partial charge is 0.290 e. The Morgan fingerprint density at radius 1 is 1.26 bits per heavy atom. The molecular weight excluding hydrogens is 240 g/mol. The average Bonchev–Trinajstić information content (AvgIpc) is 2.66. The number of nitrogens with zero attached hydrogens (tertiary/aromatic N) is 2. The van der Waals surface area contributed by atoms with Crippen LogP contribution in [0.5, 0.6) is 0 Å². The predicted octanol–water partition coefficient (Wildman–Crippen LogP) is 1.46. The van der Waals surface area contributed by atoms with Gasteiger partial charge in [-0.25, -0.2) is 5.84 Å². The van der Waals surface area contributed by atoms with Crippen molar-refractivity contribution in [2.75, 3.05) is 0 Å². The normalized spacial score (nSPS) is 10.5. The zero-order chi connectivity index (χ0) is 14.0. The monoisotopic (exact) mass is 258 g/mol. The molecule has 1 aromatic heterocycles. The van der Waals surface area contributed by atoms with E-state index in [1.54, 1.807) is 12.1 Å². The van der Waals surface area contributed by atoms with E-state index in [2.05, 4.69) is 24.4 Å². The van der Waals surface area contributed by atoms with Crippen LogP contribution < -0.4 is 11.3 Å². The summed E-state index contributed by atoms with van der Waals surface area (Å²) >= 11 is 0. The van der Waals surface area contributed by atoms with Gasteiger partial charge in [-0.2, -0.15) is 5.10 Å². The number of nitrogens with two attached hydrogens (primary N) is 1. The minimum Gasteiger partial charge on any atom is -0.290 e. The molecule has 0 saturated heterocycles. The maximum absolute atomic E-state index is 11.3. The molecule has 0 fully saturated rings. The summed E-state index contributed by atoms with van der Waals surface area (Å²) in [6.07, 6.45) is 0. The number of amides is 1. The van der Waals surface area contributed by atoms with E-state index in [0.29, 0.717) is 12.1 Å². The van der Waals surface area contributed by atoms with Gasteiger partial charge in [0.25, 0.3) is 5.91 Å². The van der Waals surface area contributed by atoms with Crippen LogP contribution in [-0.2, 0) is 6.54 Å². The van der Waals surface area contributed by atoms with Crippen molar-refractivity contribution < 1.29 is 4.79 Å². The van der Waals surface area contributed by atoms with Crippen LogP contribution >= 0.6 is 0 Å². The lowest BCUT2D eigenvalue weighted by molar-refractivity contribution is 0.0953. The molecule has 5 heteroatoms. The summed E-state index contributed by atoms with van der Waals surface area (Å²) in [5, 5.41) is 4.50. The van der Waals surface area contributed by atoms with Crippen molar-refractivity contribution in [2.24, 2.45) is 5.84 Å². The molecule has 0 aliphatic rings. The fraction of sp³-hybridized carbons (Fsp3) is 0.286. The maximum atomic E-state index is 11.3. The zero-order valence-electron chi connectivity index (χ0n) is 11.4. The van der Waals surface area contributed by atoms with Crippen LogP contribution in [0.2, 0.25) is 0 Å². The Kier molecular flexibility index (Phi) is 3.66. The highest BCUT2D eigenvalue weighted by molar-refractivity contribution is 5.93. The van der Waals surface area contributed by atoms with Gasteiger partial charge in [0.05, 0.1) is 12.2 Å². The molecular formula is C14H18N4O. The van der Waals surface area contributed by atoms with E-state index in [1.165, 1.54) is 11.3 Å². The number of carbonyl (C=O) groups excluding carboxylic acids is 1. The average molecular weight is 258 g/mol. The van der Waals surface area contributed by atoms with Crippen LogP contribution in [0, 0.1) is 20.8 Å². The number of hydrogen-bond acceptors (Lipinski definition) is 3. The molecule has 100 valence electrons. The van der Waals surface area contributed by atoms with Gasteiger partial charge in [0.15, 0.2) is 0 Å². The summed E-state index contributed by atoms with van der Waals surface area (Å²) < 4.78 is 1.97. The third-order valence-electron chi connectivity index (χ3n) is 3.42. The summed E-state index contributed by atoms with van der Waals surface area (Å²) in [4.78, 5) is 11.3. The van der Waals surface area contributed by atoms with Gasteiger partial charge in [-0.05, 0) is 44.0 Å². The first-order chi connectivity index (χ1) is 9.02. The molecule has 0 radical (unpaired) electrons. The number of hydrogen-bond donors (Lipinski definition) is 2. The van der Waals surface area contributed by atoms with Crippen molar-refractivity contribution in [3.05, 3.63) is 52.3 Å². The van der Waals surface area contributed by atoms with Crippen molar-refractivity contribution in [1.82, 2.24) is 15.2 Å². The van der Waals surface area contributed by atoms with Crippen molar-refractivity contribution in [1.29, 1.82) is 0 Å². The minimum absolute atomic E-state index is 0.284. The molecule has 0 atom stereocenters. The van der Waals surface area contributed by atoms with Gasteiger partial charge in [-0.3, -0.25) is 14.9 Å². The maximum Gasteiger partial charge on any atom is 0.265 e. The molecule has 0 bridgehead atoms. The first kappa shape index (κ1) is 13.3. The minimum atomic E-state index is -0.284. The van der Waals surface area contributed by atoms with E-state index in [-0.39, 0.29) is 5.91 Å². The molecule has 1 heterocycles. The van der Waals surface area contributed by atoms with E-state index < -0.39 is 0 Å². The summed E-state index contributed by atoms with van der Waals surface area (Å²) in [7, 11) is 0. The van der Waals surface area contributed by atoms with Gasteiger partial charge >= 0.3 is 0 Å². The Balaban J connectivity index is 2.20. The smallest absolute Gasteiger partial charge is 0.265 e. The first-order valence-electron chi connectivity index (χ1n) is 6.13. The van der Waals surface area contributed by atoms with Crippen LogP contribution in [0.1, 0.15) is 32.9 Å². The SMILES string of the molecule is Cc1nn(Cc2ccc(C(=O)NN)cc2)c(C)c1C. The number of benzene rings is 1. The van der Waals surface area contributed by atoms with E-state index in [9.17, 15) is 4.79 Å². The topological polar surface area (TPSA) is 72.9 Å². The fourth-order valence-electron chi connectivity index (χ4n) is 1.96. The van der Waals surface area contributed by atoms with Gasteiger partial charge in [-0.15, -0.1) is 0 Å². The molecule has 3 N–H and O–H groups in total. The van der Waals surface area contributed by atoms with Gasteiger partial charge in [0.2, 0.25) is 0 Å². The number of aromatic nitrogens is 2. The molecule has 2 aromatic rings. The molecule has 0 aliphatic carbocycles. The molecule has 0 unspecified atom stereocenters. The Hall–Kier alpha value is -2.14. The van der Waals surface area contributed by atoms with Gasteiger partial charge < -0.3 is 0 Å². The molecule has 5 nitrogen and oxygen atoms in total. The predicted molar refractivity (Wildman–Crippen MR) is 73.6 cm³/mol. The first-order valence-corrected chi connectivity index (χ1v) is 6.13. The molecule has 0 saturated carbocycles. The van der Waals surface area contributed by atoms with Crippen molar-refractivity contribution in [3.8, 4) is 0 Å². The number of nitrogens with one attached hydrogen (secondary N) is 1. The number of carbonyl (C=O) groups is 1. The second-order valence-corrected chi connectivity index (χ2v) is 4.62. The van der Waals surface area contributed by atoms with E-state index in [4.69, 9.17) is 5.84 Å². The highest BCUT2D eigenvalue weighted by atomic mass is 16.2. The summed E-state index contributed by atoms with van der Waals surface area (Å²) in [6, 6.07) is 7.35. The van der Waals surface area contributed by atoms with Crippen LogP contribution in [0.25, 0.3) is 0 Å². The molecule has 19 heavy (non-hydrogen) atoms. The van der Waals surface area contributed by atoms with E-state index in [1.807, 2.05) is 23.7 Å². The Morgan fingerprint density at radius 3 is 2.37 bits per heavy atom. The summed E-state index contributed by atoms with van der Waals surface area (Å²) in [5.74, 6) is 4.81. The number of aryl methyl sites for hydroxylation is 1. The van der Waals surface area contributed by atoms with Gasteiger partial charge in [0, 0.05) is 11.3 Å². The Morgan fingerprint density at radius 2 is 1.89 bits per heavy atom. The second kappa shape index (κ2) is 5.24. The molecule has 1 aromatic carbocycles. The highest BCUT2D eigenvalue weighted by Crippen LogP contribution is 2.13. The van der Waals surface area contributed by atoms with Crippen LogP contribution in [0.3, 0.4) is 0 Å². The Bertz CT molecular complexity index is 599. The van der Waals surface area contributed by atoms with E-state index >= 15 is 0 Å².